The van der Waals surface area contributed by atoms with E-state index < -0.39 is 29.6 Å². The molecule has 1 saturated heterocycles. The number of hydrogen-bond acceptors (Lipinski definition) is 5. The molecule has 11 heteroatoms. The number of benzene rings is 3. The van der Waals surface area contributed by atoms with Crippen LogP contribution in [0.5, 0.6) is 5.75 Å². The second-order valence-electron chi connectivity index (χ2n) is 7.44. The maximum absolute atomic E-state index is 13.3. The minimum atomic E-state index is -0.960. The number of amides is 5. The number of anilines is 2. The summed E-state index contributed by atoms with van der Waals surface area (Å²) in [7, 11) is 0. The lowest BCUT2D eigenvalue weighted by molar-refractivity contribution is -0.122. The lowest BCUT2D eigenvalue weighted by Gasteiger charge is -2.26. The van der Waals surface area contributed by atoms with E-state index in [1.54, 1.807) is 36.4 Å². The van der Waals surface area contributed by atoms with Crippen LogP contribution in [0.2, 0.25) is 0 Å². The van der Waals surface area contributed by atoms with Crippen LogP contribution < -0.4 is 20.3 Å². The third-order valence-electron chi connectivity index (χ3n) is 4.93. The molecular formula is C25H16Br2FN3O5. The van der Waals surface area contributed by atoms with Gasteiger partial charge in [0, 0.05) is 15.7 Å². The average Bonchev–Trinajstić information content (AvgIpc) is 2.83. The molecule has 0 radical (unpaired) electrons. The van der Waals surface area contributed by atoms with Crippen LogP contribution in [-0.4, -0.2) is 30.4 Å². The van der Waals surface area contributed by atoms with Crippen molar-refractivity contribution in [1.29, 1.82) is 0 Å². The van der Waals surface area contributed by atoms with Gasteiger partial charge in [-0.05, 0) is 70.5 Å². The first-order chi connectivity index (χ1) is 17.2. The summed E-state index contributed by atoms with van der Waals surface area (Å²) in [5.41, 5.74) is 0.610. The summed E-state index contributed by atoms with van der Waals surface area (Å²) in [6.45, 7) is -0.356. The molecule has 36 heavy (non-hydrogen) atoms. The van der Waals surface area contributed by atoms with Crippen molar-refractivity contribution in [1.82, 2.24) is 5.32 Å². The fraction of sp³-hybridized carbons (Fsp3) is 0.0400. The van der Waals surface area contributed by atoms with Crippen LogP contribution in [0.25, 0.3) is 6.08 Å². The zero-order valence-electron chi connectivity index (χ0n) is 18.3. The lowest BCUT2D eigenvalue weighted by Crippen LogP contribution is -2.54. The van der Waals surface area contributed by atoms with Gasteiger partial charge in [0.1, 0.15) is 17.1 Å². The summed E-state index contributed by atoms with van der Waals surface area (Å²) in [4.78, 5) is 51.2. The summed E-state index contributed by atoms with van der Waals surface area (Å²) in [5.74, 6) is -2.59. The molecule has 1 aliphatic rings. The third kappa shape index (κ3) is 5.69. The molecule has 2 N–H and O–H groups in total. The van der Waals surface area contributed by atoms with Gasteiger partial charge in [0.05, 0.1) is 10.2 Å². The molecule has 0 aliphatic carbocycles. The second-order valence-corrected chi connectivity index (χ2v) is 9.21. The largest absolute Gasteiger partial charge is 0.482 e. The Kier molecular flexibility index (Phi) is 7.61. The van der Waals surface area contributed by atoms with Crippen molar-refractivity contribution in [3.8, 4) is 5.75 Å². The van der Waals surface area contributed by atoms with E-state index >= 15 is 0 Å². The SMILES string of the molecule is O=C(COc1c(Br)cc(Br)cc1/C=C1\C(=O)NC(=O)N(c2ccc(F)cc2)C1=O)Nc1ccccc1. The van der Waals surface area contributed by atoms with E-state index in [4.69, 9.17) is 4.74 Å². The molecule has 1 heterocycles. The summed E-state index contributed by atoms with van der Waals surface area (Å²) < 4.78 is 20.1. The Morgan fingerprint density at radius 3 is 2.42 bits per heavy atom. The van der Waals surface area contributed by atoms with E-state index in [1.807, 2.05) is 6.07 Å². The van der Waals surface area contributed by atoms with E-state index in [1.165, 1.54) is 18.2 Å². The molecule has 3 aromatic rings. The number of nitrogens with one attached hydrogen (secondary N) is 2. The van der Waals surface area contributed by atoms with Crippen LogP contribution in [0.15, 0.2) is 81.2 Å². The molecule has 4 rings (SSSR count). The second kappa shape index (κ2) is 10.8. The van der Waals surface area contributed by atoms with Crippen molar-refractivity contribution >= 4 is 73.1 Å². The monoisotopic (exact) mass is 615 g/mol. The zero-order chi connectivity index (χ0) is 25.8. The Balaban J connectivity index is 1.63. The van der Waals surface area contributed by atoms with Crippen LogP contribution in [-0.2, 0) is 14.4 Å². The maximum Gasteiger partial charge on any atom is 0.335 e. The highest BCUT2D eigenvalue weighted by Crippen LogP contribution is 2.35. The maximum atomic E-state index is 13.3. The van der Waals surface area contributed by atoms with Gasteiger partial charge in [-0.15, -0.1) is 0 Å². The van der Waals surface area contributed by atoms with Gasteiger partial charge in [0.15, 0.2) is 6.61 Å². The van der Waals surface area contributed by atoms with Crippen molar-refractivity contribution < 1.29 is 28.3 Å². The molecule has 1 fully saturated rings. The van der Waals surface area contributed by atoms with Gasteiger partial charge in [0.25, 0.3) is 17.7 Å². The van der Waals surface area contributed by atoms with Crippen molar-refractivity contribution in [2.45, 2.75) is 0 Å². The number of barbiturate groups is 1. The molecule has 0 unspecified atom stereocenters. The van der Waals surface area contributed by atoms with E-state index in [0.29, 0.717) is 14.6 Å². The molecule has 0 bridgehead atoms. The summed E-state index contributed by atoms with van der Waals surface area (Å²) in [6.07, 6.45) is 1.25. The van der Waals surface area contributed by atoms with Crippen molar-refractivity contribution in [3.05, 3.63) is 92.6 Å². The van der Waals surface area contributed by atoms with Gasteiger partial charge in [-0.1, -0.05) is 34.1 Å². The number of rotatable bonds is 6. The Bertz CT molecular complexity index is 1390. The Hall–Kier alpha value is -3.83. The van der Waals surface area contributed by atoms with Crippen molar-refractivity contribution in [3.63, 3.8) is 0 Å². The highest BCUT2D eigenvalue weighted by atomic mass is 79.9. The van der Waals surface area contributed by atoms with Gasteiger partial charge in [0.2, 0.25) is 0 Å². The van der Waals surface area contributed by atoms with Gasteiger partial charge in [-0.25, -0.2) is 14.1 Å². The fourth-order valence-corrected chi connectivity index (χ4v) is 4.71. The molecule has 0 spiro atoms. The molecule has 182 valence electrons. The standard InChI is InChI=1S/C25H16Br2FN3O5/c26-15-10-14(22(20(27)12-15)36-13-21(32)29-17-4-2-1-3-5-17)11-19-23(33)30-25(35)31(24(19)34)18-8-6-16(28)7-9-18/h1-12H,13H2,(H,29,32)(H,30,33,35)/b19-11+. The smallest absolute Gasteiger partial charge is 0.335 e. The first kappa shape index (κ1) is 25.3. The quantitative estimate of drug-likeness (QED) is 0.298. The number of ether oxygens (including phenoxy) is 1. The van der Waals surface area contributed by atoms with E-state index in [0.717, 1.165) is 17.0 Å². The Morgan fingerprint density at radius 1 is 1.03 bits per heavy atom. The predicted molar refractivity (Wildman–Crippen MR) is 138 cm³/mol. The third-order valence-corrected chi connectivity index (χ3v) is 5.98. The molecular weight excluding hydrogens is 601 g/mol. The minimum absolute atomic E-state index is 0.0850. The fourth-order valence-electron chi connectivity index (χ4n) is 3.33. The summed E-state index contributed by atoms with van der Waals surface area (Å²) >= 11 is 6.73. The van der Waals surface area contributed by atoms with Gasteiger partial charge < -0.3 is 10.1 Å². The first-order valence-corrected chi connectivity index (χ1v) is 12.0. The highest BCUT2D eigenvalue weighted by Gasteiger charge is 2.37. The van der Waals surface area contributed by atoms with E-state index in [-0.39, 0.29) is 29.2 Å². The van der Waals surface area contributed by atoms with Crippen LogP contribution in [0, 0.1) is 5.82 Å². The van der Waals surface area contributed by atoms with E-state index in [9.17, 15) is 23.6 Å². The Labute approximate surface area is 221 Å². The number of nitrogens with zero attached hydrogens (tertiary/aromatic N) is 1. The highest BCUT2D eigenvalue weighted by molar-refractivity contribution is 9.11. The molecule has 0 atom stereocenters. The van der Waals surface area contributed by atoms with Crippen LogP contribution in [0.3, 0.4) is 0 Å². The number of urea groups is 1. The summed E-state index contributed by atoms with van der Waals surface area (Å²) in [5, 5.41) is 4.80. The van der Waals surface area contributed by atoms with Gasteiger partial charge in [-0.3, -0.25) is 19.7 Å². The molecule has 3 aromatic carbocycles. The van der Waals surface area contributed by atoms with Gasteiger partial charge in [-0.2, -0.15) is 0 Å². The topological polar surface area (TPSA) is 105 Å². The molecule has 0 aromatic heterocycles. The molecule has 5 amide bonds. The molecule has 1 aliphatic heterocycles. The zero-order valence-corrected chi connectivity index (χ0v) is 21.4. The van der Waals surface area contributed by atoms with E-state index in [2.05, 4.69) is 42.5 Å². The number of hydrogen-bond donors (Lipinski definition) is 2. The predicted octanol–water partition coefficient (Wildman–Crippen LogP) is 5.03. The Morgan fingerprint density at radius 2 is 1.72 bits per heavy atom. The minimum Gasteiger partial charge on any atom is -0.482 e. The summed E-state index contributed by atoms with van der Waals surface area (Å²) in [6, 6.07) is 15.8. The number of imide groups is 2. The number of para-hydroxylation sites is 1. The van der Waals surface area contributed by atoms with Crippen LogP contribution >= 0.6 is 31.9 Å². The first-order valence-electron chi connectivity index (χ1n) is 10.4. The van der Waals surface area contributed by atoms with Crippen LogP contribution in [0.4, 0.5) is 20.6 Å². The average molecular weight is 617 g/mol. The molecule has 8 nitrogen and oxygen atoms in total. The van der Waals surface area contributed by atoms with Gasteiger partial charge >= 0.3 is 6.03 Å². The van der Waals surface area contributed by atoms with Crippen LogP contribution in [0.1, 0.15) is 5.56 Å². The molecule has 0 saturated carbocycles. The normalized spacial score (nSPS) is 14.6. The number of halogens is 3. The van der Waals surface area contributed by atoms with Crippen molar-refractivity contribution in [2.24, 2.45) is 0 Å². The number of carbonyl (C=O) groups is 4. The lowest BCUT2D eigenvalue weighted by atomic mass is 10.1. The number of carbonyl (C=O) groups excluding carboxylic acids is 4. The van der Waals surface area contributed by atoms with Crippen molar-refractivity contribution in [2.75, 3.05) is 16.8 Å².